The Morgan fingerprint density at radius 1 is 1.21 bits per heavy atom. The first-order valence-corrected chi connectivity index (χ1v) is 4.60. The molecule has 1 aromatic carbocycles. The van der Waals surface area contributed by atoms with E-state index in [2.05, 4.69) is 18.2 Å². The highest BCUT2D eigenvalue weighted by Gasteiger charge is 1.99. The Balaban J connectivity index is 2.80. The molecule has 0 saturated heterocycles. The average Bonchev–Trinajstić information content (AvgIpc) is 2.19. The van der Waals surface area contributed by atoms with Crippen LogP contribution in [0.2, 0.25) is 0 Å². The van der Waals surface area contributed by atoms with Crippen LogP contribution in [-0.4, -0.2) is 0 Å². The van der Waals surface area contributed by atoms with Gasteiger partial charge >= 0.3 is 0 Å². The van der Waals surface area contributed by atoms with Crippen LogP contribution in [0.1, 0.15) is 23.1 Å². The highest BCUT2D eigenvalue weighted by Crippen LogP contribution is 2.12. The van der Waals surface area contributed by atoms with E-state index >= 15 is 0 Å². The zero-order valence-corrected chi connectivity index (χ0v) is 8.25. The van der Waals surface area contributed by atoms with E-state index in [1.54, 1.807) is 0 Å². The lowest BCUT2D eigenvalue weighted by Crippen LogP contribution is -1.91. The number of hydrogen-bond acceptors (Lipinski definition) is 2. The summed E-state index contributed by atoms with van der Waals surface area (Å²) in [7, 11) is 0. The molecule has 0 bridgehead atoms. The number of aryl methyl sites for hydroxylation is 2. The molecule has 0 aliphatic heterocycles. The molecule has 70 valence electrons. The van der Waals surface area contributed by atoms with E-state index in [1.807, 2.05) is 19.1 Å². The van der Waals surface area contributed by atoms with Gasteiger partial charge < -0.3 is 0 Å². The van der Waals surface area contributed by atoms with Gasteiger partial charge in [0.2, 0.25) is 0 Å². The lowest BCUT2D eigenvalue weighted by Gasteiger charge is -2.04. The Morgan fingerprint density at radius 3 is 2.57 bits per heavy atom. The van der Waals surface area contributed by atoms with E-state index in [0.717, 1.165) is 17.5 Å². The topological polar surface area (TPSA) is 47.6 Å². The second-order valence-corrected chi connectivity index (χ2v) is 3.25. The SMILES string of the molecule is Cc1cc(CCC#N)ccc1CC#N. The third kappa shape index (κ3) is 2.61. The molecule has 0 fully saturated rings. The van der Waals surface area contributed by atoms with Crippen LogP contribution < -0.4 is 0 Å². The maximum absolute atomic E-state index is 8.56. The largest absolute Gasteiger partial charge is 0.198 e. The van der Waals surface area contributed by atoms with Gasteiger partial charge in [0.05, 0.1) is 18.6 Å². The molecule has 0 radical (unpaired) electrons. The van der Waals surface area contributed by atoms with Crippen molar-refractivity contribution in [3.63, 3.8) is 0 Å². The Kier molecular flexibility index (Phi) is 3.70. The molecule has 0 saturated carbocycles. The summed E-state index contributed by atoms with van der Waals surface area (Å²) in [6, 6.07) is 10.3. The number of nitrogens with zero attached hydrogens (tertiary/aromatic N) is 2. The Morgan fingerprint density at radius 2 is 2.00 bits per heavy atom. The number of nitriles is 2. The van der Waals surface area contributed by atoms with Crippen LogP contribution in [-0.2, 0) is 12.8 Å². The van der Waals surface area contributed by atoms with E-state index in [4.69, 9.17) is 10.5 Å². The van der Waals surface area contributed by atoms with Crippen molar-refractivity contribution >= 4 is 0 Å². The van der Waals surface area contributed by atoms with Crippen LogP contribution in [0.25, 0.3) is 0 Å². The molecule has 1 rings (SSSR count). The summed E-state index contributed by atoms with van der Waals surface area (Å²) in [5.41, 5.74) is 3.39. The molecule has 0 spiro atoms. The number of hydrogen-bond donors (Lipinski definition) is 0. The van der Waals surface area contributed by atoms with Crippen molar-refractivity contribution in [1.29, 1.82) is 10.5 Å². The van der Waals surface area contributed by atoms with Gasteiger partial charge in [-0.1, -0.05) is 18.2 Å². The lowest BCUT2D eigenvalue weighted by atomic mass is 10.0. The predicted octanol–water partition coefficient (Wildman–Crippen LogP) is 2.52. The standard InChI is InChI=1S/C12H12N2/c1-10-9-11(3-2-7-13)4-5-12(10)6-8-14/h4-5,9H,2-3,6H2,1H3. The van der Waals surface area contributed by atoms with Gasteiger partial charge in [0, 0.05) is 6.42 Å². The first-order valence-electron chi connectivity index (χ1n) is 4.60. The molecule has 2 heteroatoms. The van der Waals surface area contributed by atoms with Crippen LogP contribution in [0.4, 0.5) is 0 Å². The summed E-state index contributed by atoms with van der Waals surface area (Å²) in [6.07, 6.45) is 1.81. The summed E-state index contributed by atoms with van der Waals surface area (Å²) in [4.78, 5) is 0. The fourth-order valence-corrected chi connectivity index (χ4v) is 1.40. The molecule has 0 N–H and O–H groups in total. The van der Waals surface area contributed by atoms with Gasteiger partial charge in [-0.2, -0.15) is 10.5 Å². The van der Waals surface area contributed by atoms with Gasteiger partial charge in [-0.05, 0) is 30.0 Å². The van der Waals surface area contributed by atoms with Gasteiger partial charge in [0.1, 0.15) is 0 Å². The summed E-state index contributed by atoms with van der Waals surface area (Å²) in [5, 5.41) is 17.0. The van der Waals surface area contributed by atoms with Crippen molar-refractivity contribution in [2.24, 2.45) is 0 Å². The molecule has 0 aromatic heterocycles. The van der Waals surface area contributed by atoms with E-state index in [1.165, 1.54) is 5.56 Å². The molecule has 0 atom stereocenters. The first kappa shape index (κ1) is 10.3. The summed E-state index contributed by atoms with van der Waals surface area (Å²) < 4.78 is 0. The minimum Gasteiger partial charge on any atom is -0.198 e. The normalized spacial score (nSPS) is 9.07. The van der Waals surface area contributed by atoms with Crippen molar-refractivity contribution in [2.75, 3.05) is 0 Å². The van der Waals surface area contributed by atoms with Gasteiger partial charge in [-0.3, -0.25) is 0 Å². The third-order valence-corrected chi connectivity index (χ3v) is 2.20. The van der Waals surface area contributed by atoms with Crippen LogP contribution >= 0.6 is 0 Å². The molecule has 0 heterocycles. The molecule has 1 aromatic rings. The van der Waals surface area contributed by atoms with Gasteiger partial charge in [0.15, 0.2) is 0 Å². The molecular weight excluding hydrogens is 172 g/mol. The molecule has 0 amide bonds. The van der Waals surface area contributed by atoms with Crippen LogP contribution in [0.5, 0.6) is 0 Å². The Hall–Kier alpha value is -1.80. The number of benzene rings is 1. The Labute approximate surface area is 84.4 Å². The molecule has 2 nitrogen and oxygen atoms in total. The van der Waals surface area contributed by atoms with Crippen LogP contribution in [0, 0.1) is 29.6 Å². The van der Waals surface area contributed by atoms with Crippen molar-refractivity contribution in [3.05, 3.63) is 34.9 Å². The van der Waals surface area contributed by atoms with Crippen LogP contribution in [0.15, 0.2) is 18.2 Å². The molecule has 14 heavy (non-hydrogen) atoms. The zero-order valence-electron chi connectivity index (χ0n) is 8.25. The highest BCUT2D eigenvalue weighted by atomic mass is 14.2. The maximum Gasteiger partial charge on any atom is 0.0669 e. The monoisotopic (exact) mass is 184 g/mol. The van der Waals surface area contributed by atoms with Gasteiger partial charge in [-0.25, -0.2) is 0 Å². The fraction of sp³-hybridized carbons (Fsp3) is 0.333. The summed E-state index contributed by atoms with van der Waals surface area (Å²) >= 11 is 0. The zero-order chi connectivity index (χ0) is 10.4. The smallest absolute Gasteiger partial charge is 0.0669 e. The average molecular weight is 184 g/mol. The quantitative estimate of drug-likeness (QED) is 0.724. The van der Waals surface area contributed by atoms with Crippen molar-refractivity contribution < 1.29 is 0 Å². The molecule has 0 unspecified atom stereocenters. The summed E-state index contributed by atoms with van der Waals surface area (Å²) in [6.45, 7) is 2.00. The van der Waals surface area contributed by atoms with Crippen LogP contribution in [0.3, 0.4) is 0 Å². The Bertz CT molecular complexity index is 394. The van der Waals surface area contributed by atoms with Crippen molar-refractivity contribution in [1.82, 2.24) is 0 Å². The van der Waals surface area contributed by atoms with E-state index < -0.39 is 0 Å². The second-order valence-electron chi connectivity index (χ2n) is 3.25. The fourth-order valence-electron chi connectivity index (χ4n) is 1.40. The second kappa shape index (κ2) is 5.04. The van der Waals surface area contributed by atoms with Crippen molar-refractivity contribution in [2.45, 2.75) is 26.2 Å². The molecular formula is C12H12N2. The number of rotatable bonds is 3. The minimum atomic E-state index is 0.463. The minimum absolute atomic E-state index is 0.463. The lowest BCUT2D eigenvalue weighted by molar-refractivity contribution is 1.00. The molecule has 0 aliphatic carbocycles. The predicted molar refractivity (Wildman–Crippen MR) is 54.4 cm³/mol. The first-order chi connectivity index (χ1) is 6.77. The maximum atomic E-state index is 8.56. The van der Waals surface area contributed by atoms with Gasteiger partial charge in [0.25, 0.3) is 0 Å². The summed E-state index contributed by atoms with van der Waals surface area (Å²) in [5.74, 6) is 0. The third-order valence-electron chi connectivity index (χ3n) is 2.20. The van der Waals surface area contributed by atoms with E-state index in [-0.39, 0.29) is 0 Å². The molecule has 0 aliphatic rings. The van der Waals surface area contributed by atoms with Crippen molar-refractivity contribution in [3.8, 4) is 12.1 Å². The van der Waals surface area contributed by atoms with E-state index in [0.29, 0.717) is 12.8 Å². The van der Waals surface area contributed by atoms with Gasteiger partial charge in [-0.15, -0.1) is 0 Å². The highest BCUT2D eigenvalue weighted by molar-refractivity contribution is 5.32. The van der Waals surface area contributed by atoms with E-state index in [9.17, 15) is 0 Å².